The average Bonchev–Trinajstić information content (AvgIpc) is 2.38. The van der Waals surface area contributed by atoms with Crippen LogP contribution in [-0.4, -0.2) is 18.4 Å². The average molecular weight is 302 g/mol. The summed E-state index contributed by atoms with van der Waals surface area (Å²) in [7, 11) is 0. The molecule has 1 aliphatic rings. The Kier molecular flexibility index (Phi) is 4.89. The van der Waals surface area contributed by atoms with Gasteiger partial charge in [0.15, 0.2) is 0 Å². The summed E-state index contributed by atoms with van der Waals surface area (Å²) in [6.45, 7) is 8.90. The molecule has 1 saturated heterocycles. The highest BCUT2D eigenvalue weighted by molar-refractivity contribution is 5.96. The molecule has 0 atom stereocenters. The van der Waals surface area contributed by atoms with E-state index in [1.165, 1.54) is 0 Å². The summed E-state index contributed by atoms with van der Waals surface area (Å²) >= 11 is 0. The van der Waals surface area contributed by atoms with Crippen molar-refractivity contribution in [3.8, 4) is 0 Å². The first-order valence-electron chi connectivity index (χ1n) is 7.97. The van der Waals surface area contributed by atoms with Crippen LogP contribution in [0.5, 0.6) is 0 Å². The Balaban J connectivity index is 2.09. The first-order chi connectivity index (χ1) is 10.3. The van der Waals surface area contributed by atoms with Crippen molar-refractivity contribution in [2.24, 2.45) is 5.41 Å². The molecule has 1 fully saturated rings. The van der Waals surface area contributed by atoms with Crippen LogP contribution in [0.1, 0.15) is 52.0 Å². The maximum Gasteiger partial charge on any atom is 0.226 e. The second-order valence-corrected chi connectivity index (χ2v) is 7.29. The van der Waals surface area contributed by atoms with Gasteiger partial charge in [-0.15, -0.1) is 0 Å². The van der Waals surface area contributed by atoms with Crippen LogP contribution in [0, 0.1) is 12.3 Å². The molecule has 4 heteroatoms. The van der Waals surface area contributed by atoms with Crippen LogP contribution < -0.4 is 10.2 Å². The fourth-order valence-electron chi connectivity index (χ4n) is 2.78. The predicted octanol–water partition coefficient (Wildman–Crippen LogP) is 3.89. The van der Waals surface area contributed by atoms with Gasteiger partial charge in [0.2, 0.25) is 11.8 Å². The van der Waals surface area contributed by atoms with Crippen molar-refractivity contribution in [2.75, 3.05) is 16.8 Å². The number of benzene rings is 1. The summed E-state index contributed by atoms with van der Waals surface area (Å²) in [5.74, 6) is 0.215. The maximum atomic E-state index is 12.0. The van der Waals surface area contributed by atoms with Crippen molar-refractivity contribution in [3.63, 3.8) is 0 Å². The van der Waals surface area contributed by atoms with E-state index >= 15 is 0 Å². The van der Waals surface area contributed by atoms with Gasteiger partial charge < -0.3 is 10.2 Å². The SMILES string of the molecule is Cc1cc(NC(=O)CC(C)(C)C)ccc1N1CCCCC1=O. The van der Waals surface area contributed by atoms with Gasteiger partial charge in [-0.05, 0) is 48.9 Å². The van der Waals surface area contributed by atoms with Crippen LogP contribution in [0.2, 0.25) is 0 Å². The predicted molar refractivity (Wildman–Crippen MR) is 90.1 cm³/mol. The number of piperidine rings is 1. The highest BCUT2D eigenvalue weighted by Gasteiger charge is 2.21. The molecule has 4 nitrogen and oxygen atoms in total. The second kappa shape index (κ2) is 6.51. The molecule has 1 aliphatic heterocycles. The lowest BCUT2D eigenvalue weighted by Crippen LogP contribution is -2.35. The van der Waals surface area contributed by atoms with Crippen LogP contribution in [0.25, 0.3) is 0 Å². The van der Waals surface area contributed by atoms with Gasteiger partial charge in [0.1, 0.15) is 0 Å². The van der Waals surface area contributed by atoms with E-state index in [1.54, 1.807) is 0 Å². The third-order valence-electron chi connectivity index (χ3n) is 3.79. The molecule has 0 unspecified atom stereocenters. The standard InChI is InChI=1S/C18H26N2O2/c1-13-11-14(19-16(21)12-18(2,3)4)8-9-15(13)20-10-6-5-7-17(20)22/h8-9,11H,5-7,10,12H2,1-4H3,(H,19,21). The van der Waals surface area contributed by atoms with Gasteiger partial charge in [-0.3, -0.25) is 9.59 Å². The fourth-order valence-corrected chi connectivity index (χ4v) is 2.78. The Bertz CT molecular complexity index is 573. The monoisotopic (exact) mass is 302 g/mol. The summed E-state index contributed by atoms with van der Waals surface area (Å²) < 4.78 is 0. The maximum absolute atomic E-state index is 12.0. The van der Waals surface area contributed by atoms with Gasteiger partial charge in [-0.2, -0.15) is 0 Å². The molecule has 0 aliphatic carbocycles. The molecule has 1 aromatic carbocycles. The Morgan fingerprint density at radius 1 is 1.27 bits per heavy atom. The Morgan fingerprint density at radius 2 is 2.00 bits per heavy atom. The number of carbonyl (C=O) groups excluding carboxylic acids is 2. The van der Waals surface area contributed by atoms with E-state index in [9.17, 15) is 9.59 Å². The highest BCUT2D eigenvalue weighted by Crippen LogP contribution is 2.27. The number of rotatable bonds is 3. The van der Waals surface area contributed by atoms with Crippen molar-refractivity contribution in [1.29, 1.82) is 0 Å². The van der Waals surface area contributed by atoms with E-state index in [1.807, 2.05) is 50.8 Å². The number of hydrogen-bond acceptors (Lipinski definition) is 2. The van der Waals surface area contributed by atoms with E-state index in [2.05, 4.69) is 5.32 Å². The third-order valence-corrected chi connectivity index (χ3v) is 3.79. The van der Waals surface area contributed by atoms with Crippen LogP contribution in [0.15, 0.2) is 18.2 Å². The van der Waals surface area contributed by atoms with Gasteiger partial charge >= 0.3 is 0 Å². The number of aryl methyl sites for hydroxylation is 1. The van der Waals surface area contributed by atoms with Crippen molar-refractivity contribution in [3.05, 3.63) is 23.8 Å². The normalized spacial score (nSPS) is 15.8. The van der Waals surface area contributed by atoms with Crippen molar-refractivity contribution >= 4 is 23.2 Å². The van der Waals surface area contributed by atoms with Gasteiger partial charge in [-0.25, -0.2) is 0 Å². The van der Waals surface area contributed by atoms with Crippen LogP contribution in [-0.2, 0) is 9.59 Å². The quantitative estimate of drug-likeness (QED) is 0.921. The first-order valence-corrected chi connectivity index (χ1v) is 7.97. The number of carbonyl (C=O) groups is 2. The number of amides is 2. The molecule has 0 spiro atoms. The molecule has 1 heterocycles. The zero-order valence-electron chi connectivity index (χ0n) is 14.0. The summed E-state index contributed by atoms with van der Waals surface area (Å²) in [6, 6.07) is 5.76. The van der Waals surface area contributed by atoms with E-state index in [0.717, 1.165) is 36.3 Å². The Morgan fingerprint density at radius 3 is 2.59 bits per heavy atom. The van der Waals surface area contributed by atoms with Gasteiger partial charge in [0.05, 0.1) is 0 Å². The summed E-state index contributed by atoms with van der Waals surface area (Å²) in [5.41, 5.74) is 2.74. The Hall–Kier alpha value is -1.84. The molecule has 0 bridgehead atoms. The third kappa shape index (κ3) is 4.33. The Labute approximate surface area is 132 Å². The number of hydrogen-bond donors (Lipinski definition) is 1. The van der Waals surface area contributed by atoms with Gasteiger partial charge in [0.25, 0.3) is 0 Å². The number of anilines is 2. The first kappa shape index (κ1) is 16.5. The molecule has 0 saturated carbocycles. The smallest absolute Gasteiger partial charge is 0.226 e. The van der Waals surface area contributed by atoms with E-state index in [0.29, 0.717) is 12.8 Å². The minimum atomic E-state index is -0.0285. The molecule has 1 aromatic rings. The molecule has 120 valence electrons. The van der Waals surface area contributed by atoms with Crippen molar-refractivity contribution in [1.82, 2.24) is 0 Å². The van der Waals surface area contributed by atoms with Crippen molar-refractivity contribution in [2.45, 2.75) is 53.4 Å². The largest absolute Gasteiger partial charge is 0.326 e. The van der Waals surface area contributed by atoms with Crippen LogP contribution >= 0.6 is 0 Å². The van der Waals surface area contributed by atoms with Crippen LogP contribution in [0.3, 0.4) is 0 Å². The summed E-state index contributed by atoms with van der Waals surface area (Å²) in [5, 5.41) is 2.94. The minimum Gasteiger partial charge on any atom is -0.326 e. The molecular weight excluding hydrogens is 276 g/mol. The molecule has 22 heavy (non-hydrogen) atoms. The van der Waals surface area contributed by atoms with Crippen molar-refractivity contribution < 1.29 is 9.59 Å². The molecule has 2 amide bonds. The fraction of sp³-hybridized carbons (Fsp3) is 0.556. The minimum absolute atomic E-state index is 0.0219. The lowest BCUT2D eigenvalue weighted by Gasteiger charge is -2.28. The molecule has 1 N–H and O–H groups in total. The van der Waals surface area contributed by atoms with E-state index in [4.69, 9.17) is 0 Å². The highest BCUT2D eigenvalue weighted by atomic mass is 16.2. The van der Waals surface area contributed by atoms with E-state index in [-0.39, 0.29) is 17.2 Å². The lowest BCUT2D eigenvalue weighted by molar-refractivity contribution is -0.119. The zero-order valence-corrected chi connectivity index (χ0v) is 14.0. The summed E-state index contributed by atoms with van der Waals surface area (Å²) in [6.07, 6.45) is 3.15. The second-order valence-electron chi connectivity index (χ2n) is 7.29. The molecular formula is C18H26N2O2. The molecule has 0 aromatic heterocycles. The number of nitrogens with zero attached hydrogens (tertiary/aromatic N) is 1. The van der Waals surface area contributed by atoms with Gasteiger partial charge in [0, 0.05) is 30.8 Å². The van der Waals surface area contributed by atoms with Gasteiger partial charge in [-0.1, -0.05) is 20.8 Å². The zero-order chi connectivity index (χ0) is 16.3. The lowest BCUT2D eigenvalue weighted by atomic mass is 9.92. The summed E-state index contributed by atoms with van der Waals surface area (Å²) in [4.78, 5) is 25.9. The molecule has 0 radical (unpaired) electrons. The number of nitrogens with one attached hydrogen (secondary N) is 1. The van der Waals surface area contributed by atoms with Crippen LogP contribution in [0.4, 0.5) is 11.4 Å². The van der Waals surface area contributed by atoms with E-state index < -0.39 is 0 Å². The molecule has 2 rings (SSSR count). The topological polar surface area (TPSA) is 49.4 Å².